The highest BCUT2D eigenvalue weighted by Crippen LogP contribution is 2.27. The lowest BCUT2D eigenvalue weighted by atomic mass is 9.95. The quantitative estimate of drug-likeness (QED) is 0.421. The lowest BCUT2D eigenvalue weighted by Crippen LogP contribution is -2.15. The summed E-state index contributed by atoms with van der Waals surface area (Å²) in [4.78, 5) is 24.0. The van der Waals surface area contributed by atoms with Crippen LogP contribution in [0.1, 0.15) is 48.9 Å². The maximum Gasteiger partial charge on any atom is 0.344 e. The van der Waals surface area contributed by atoms with Crippen LogP contribution < -0.4 is 10.4 Å². The van der Waals surface area contributed by atoms with Crippen LogP contribution in [0.2, 0.25) is 0 Å². The molecule has 0 N–H and O–H groups in total. The summed E-state index contributed by atoms with van der Waals surface area (Å²) in [5, 5.41) is 0.780. The SMILES string of the molecule is CCc1ccc(OCC(=O)OCc2cc(=O)oc3cc(C)c(C(C)C)cc23)cc1. The Morgan fingerprint density at radius 1 is 1.10 bits per heavy atom. The molecule has 0 amide bonds. The second kappa shape index (κ2) is 8.95. The van der Waals surface area contributed by atoms with Gasteiger partial charge in [0.2, 0.25) is 0 Å². The fourth-order valence-electron chi connectivity index (χ4n) is 3.30. The number of esters is 1. The Hall–Kier alpha value is -3.08. The van der Waals surface area contributed by atoms with Crippen LogP contribution in [0.15, 0.2) is 51.7 Å². The van der Waals surface area contributed by atoms with Crippen molar-refractivity contribution in [1.29, 1.82) is 0 Å². The molecule has 0 atom stereocenters. The molecule has 29 heavy (non-hydrogen) atoms. The number of ether oxygens (including phenoxy) is 2. The summed E-state index contributed by atoms with van der Waals surface area (Å²) in [6, 6.07) is 12.8. The Morgan fingerprint density at radius 2 is 1.83 bits per heavy atom. The van der Waals surface area contributed by atoms with Gasteiger partial charge in [0.15, 0.2) is 6.61 Å². The molecule has 0 saturated carbocycles. The molecule has 3 aromatic rings. The Labute approximate surface area is 170 Å². The van der Waals surface area contributed by atoms with Crippen molar-refractivity contribution in [3.05, 3.63) is 75.1 Å². The molecule has 0 aliphatic heterocycles. The van der Waals surface area contributed by atoms with Gasteiger partial charge in [-0.3, -0.25) is 0 Å². The van der Waals surface area contributed by atoms with Gasteiger partial charge in [-0.15, -0.1) is 0 Å². The third-order valence-corrected chi connectivity index (χ3v) is 4.92. The Balaban J connectivity index is 1.71. The minimum Gasteiger partial charge on any atom is -0.482 e. The highest BCUT2D eigenvalue weighted by atomic mass is 16.6. The number of carbonyl (C=O) groups is 1. The molecular formula is C24H26O5. The van der Waals surface area contributed by atoms with Gasteiger partial charge in [0.05, 0.1) is 0 Å². The van der Waals surface area contributed by atoms with Crippen LogP contribution in [0.5, 0.6) is 5.75 Å². The number of fused-ring (bicyclic) bond motifs is 1. The van der Waals surface area contributed by atoms with Crippen molar-refractivity contribution in [1.82, 2.24) is 0 Å². The second-order valence-electron chi connectivity index (χ2n) is 7.40. The number of aryl methyl sites for hydroxylation is 2. The normalized spacial score (nSPS) is 11.1. The molecule has 2 aromatic carbocycles. The van der Waals surface area contributed by atoms with Crippen LogP contribution in [-0.2, 0) is 22.6 Å². The number of hydrogen-bond donors (Lipinski definition) is 0. The van der Waals surface area contributed by atoms with E-state index in [1.165, 1.54) is 11.6 Å². The average Bonchev–Trinajstić information content (AvgIpc) is 2.69. The largest absolute Gasteiger partial charge is 0.482 e. The van der Waals surface area contributed by atoms with Gasteiger partial charge >= 0.3 is 11.6 Å². The first-order chi connectivity index (χ1) is 13.9. The molecule has 1 aromatic heterocycles. The lowest BCUT2D eigenvalue weighted by molar-refractivity contribution is -0.147. The minimum atomic E-state index is -0.498. The average molecular weight is 394 g/mol. The molecule has 0 unspecified atom stereocenters. The van der Waals surface area contributed by atoms with Gasteiger partial charge in [-0.05, 0) is 60.2 Å². The molecule has 0 aliphatic rings. The van der Waals surface area contributed by atoms with E-state index < -0.39 is 11.6 Å². The molecule has 0 bridgehead atoms. The molecule has 3 rings (SSSR count). The van der Waals surface area contributed by atoms with Crippen molar-refractivity contribution in [3.8, 4) is 5.75 Å². The molecule has 1 heterocycles. The summed E-state index contributed by atoms with van der Waals surface area (Å²) in [6.07, 6.45) is 0.944. The first kappa shape index (κ1) is 20.6. The molecule has 0 spiro atoms. The third-order valence-electron chi connectivity index (χ3n) is 4.92. The van der Waals surface area contributed by atoms with E-state index in [1.807, 2.05) is 43.3 Å². The molecule has 152 valence electrons. The number of rotatable bonds is 7. The third kappa shape index (κ3) is 5.05. The second-order valence-corrected chi connectivity index (χ2v) is 7.40. The van der Waals surface area contributed by atoms with Gasteiger partial charge < -0.3 is 13.9 Å². The van der Waals surface area contributed by atoms with Crippen molar-refractivity contribution < 1.29 is 18.7 Å². The highest BCUT2D eigenvalue weighted by molar-refractivity contribution is 5.82. The predicted molar refractivity (Wildman–Crippen MR) is 112 cm³/mol. The smallest absolute Gasteiger partial charge is 0.344 e. The summed E-state index contributed by atoms with van der Waals surface area (Å²) in [6.45, 7) is 8.08. The minimum absolute atomic E-state index is 0.0142. The summed E-state index contributed by atoms with van der Waals surface area (Å²) in [5.41, 5.74) is 4.08. The molecule has 0 radical (unpaired) electrons. The molecule has 5 heteroatoms. The van der Waals surface area contributed by atoms with Gasteiger partial charge in [0.25, 0.3) is 0 Å². The van der Waals surface area contributed by atoms with Crippen molar-refractivity contribution in [2.24, 2.45) is 0 Å². The Bertz CT molecular complexity index is 1060. The zero-order valence-electron chi connectivity index (χ0n) is 17.3. The molecule has 0 aliphatic carbocycles. The summed E-state index contributed by atoms with van der Waals surface area (Å²) in [7, 11) is 0. The van der Waals surface area contributed by atoms with Crippen molar-refractivity contribution in [2.75, 3.05) is 6.61 Å². The zero-order valence-corrected chi connectivity index (χ0v) is 17.3. The molecule has 0 fully saturated rings. The van der Waals surface area contributed by atoms with Crippen LogP contribution in [0.25, 0.3) is 11.0 Å². The number of hydrogen-bond acceptors (Lipinski definition) is 5. The van der Waals surface area contributed by atoms with Crippen LogP contribution in [0, 0.1) is 6.92 Å². The van der Waals surface area contributed by atoms with Gasteiger partial charge in [0, 0.05) is 17.0 Å². The Morgan fingerprint density at radius 3 is 2.48 bits per heavy atom. The monoisotopic (exact) mass is 394 g/mol. The van der Waals surface area contributed by atoms with Gasteiger partial charge in [-0.1, -0.05) is 32.9 Å². The zero-order chi connectivity index (χ0) is 21.0. The van der Waals surface area contributed by atoms with Gasteiger partial charge in [-0.2, -0.15) is 0 Å². The van der Waals surface area contributed by atoms with E-state index in [0.717, 1.165) is 22.9 Å². The van der Waals surface area contributed by atoms with Crippen molar-refractivity contribution >= 4 is 16.9 Å². The summed E-state index contributed by atoms with van der Waals surface area (Å²) < 4.78 is 16.2. The van der Waals surface area contributed by atoms with E-state index in [4.69, 9.17) is 13.9 Å². The first-order valence-electron chi connectivity index (χ1n) is 9.82. The molecule has 5 nitrogen and oxygen atoms in total. The molecule has 0 saturated heterocycles. The van der Waals surface area contributed by atoms with Crippen molar-refractivity contribution in [2.45, 2.75) is 46.6 Å². The van der Waals surface area contributed by atoms with E-state index in [0.29, 0.717) is 22.8 Å². The van der Waals surface area contributed by atoms with Crippen LogP contribution in [0.4, 0.5) is 0 Å². The molecular weight excluding hydrogens is 368 g/mol. The van der Waals surface area contributed by atoms with E-state index >= 15 is 0 Å². The predicted octanol–water partition coefficient (Wildman–Crippen LogP) is 4.91. The van der Waals surface area contributed by atoms with Crippen molar-refractivity contribution in [3.63, 3.8) is 0 Å². The van der Waals surface area contributed by atoms with Gasteiger partial charge in [0.1, 0.15) is 17.9 Å². The fourth-order valence-corrected chi connectivity index (χ4v) is 3.30. The lowest BCUT2D eigenvalue weighted by Gasteiger charge is -2.13. The number of benzene rings is 2. The Kier molecular flexibility index (Phi) is 6.37. The summed E-state index contributed by atoms with van der Waals surface area (Å²) in [5.74, 6) is 0.443. The maximum atomic E-state index is 12.1. The van der Waals surface area contributed by atoms with Crippen LogP contribution in [-0.4, -0.2) is 12.6 Å². The summed E-state index contributed by atoms with van der Waals surface area (Å²) >= 11 is 0. The first-order valence-corrected chi connectivity index (χ1v) is 9.82. The topological polar surface area (TPSA) is 65.7 Å². The highest BCUT2D eigenvalue weighted by Gasteiger charge is 2.13. The van der Waals surface area contributed by atoms with Crippen LogP contribution >= 0.6 is 0 Å². The van der Waals surface area contributed by atoms with Crippen LogP contribution in [0.3, 0.4) is 0 Å². The standard InChI is InChI=1S/C24H26O5/c1-5-17-6-8-19(9-7-17)27-14-24(26)28-13-18-11-23(25)29-22-10-16(4)20(15(2)3)12-21(18)22/h6-12,15H,5,13-14H2,1-4H3. The van der Waals surface area contributed by atoms with E-state index in [2.05, 4.69) is 20.8 Å². The number of carbonyl (C=O) groups excluding carboxylic acids is 1. The van der Waals surface area contributed by atoms with E-state index in [-0.39, 0.29) is 13.2 Å². The van der Waals surface area contributed by atoms with E-state index in [1.54, 1.807) is 0 Å². The van der Waals surface area contributed by atoms with Gasteiger partial charge in [-0.25, -0.2) is 9.59 Å². The van der Waals surface area contributed by atoms with E-state index in [9.17, 15) is 9.59 Å². The maximum absolute atomic E-state index is 12.1. The fraction of sp³-hybridized carbons (Fsp3) is 0.333.